The number of aryl methyl sites for hydroxylation is 1. The number of carboxylic acid groups (broad SMARTS) is 1. The standard InChI is InChI=1S/C12H14F2N2O3/c1-16-6-8(9(15-16)10(13)14)12(11(18)19)4-2-7(17)3-5-12/h6,10H,2-5H2,1H3,(H,18,19). The molecule has 104 valence electrons. The zero-order valence-corrected chi connectivity index (χ0v) is 10.4. The molecule has 0 aliphatic heterocycles. The van der Waals surface area contributed by atoms with Crippen molar-refractivity contribution in [1.82, 2.24) is 9.78 Å². The van der Waals surface area contributed by atoms with Crippen LogP contribution in [0.4, 0.5) is 8.78 Å². The van der Waals surface area contributed by atoms with E-state index in [9.17, 15) is 23.5 Å². The van der Waals surface area contributed by atoms with Crippen molar-refractivity contribution in [3.63, 3.8) is 0 Å². The van der Waals surface area contributed by atoms with Crippen LogP contribution in [0.15, 0.2) is 6.20 Å². The van der Waals surface area contributed by atoms with Gasteiger partial charge in [0, 0.05) is 31.6 Å². The van der Waals surface area contributed by atoms with Gasteiger partial charge in [0.05, 0.1) is 5.41 Å². The molecule has 1 aliphatic carbocycles. The number of ketones is 1. The van der Waals surface area contributed by atoms with Crippen LogP contribution in [0, 0.1) is 0 Å². The Labute approximate surface area is 108 Å². The molecule has 1 fully saturated rings. The number of carbonyl (C=O) groups is 2. The highest BCUT2D eigenvalue weighted by Gasteiger charge is 2.46. The van der Waals surface area contributed by atoms with E-state index < -0.39 is 23.5 Å². The second-order valence-corrected chi connectivity index (χ2v) is 4.83. The van der Waals surface area contributed by atoms with Gasteiger partial charge in [-0.3, -0.25) is 14.3 Å². The number of alkyl halides is 2. The lowest BCUT2D eigenvalue weighted by atomic mass is 9.69. The Kier molecular flexibility index (Phi) is 3.38. The SMILES string of the molecule is Cn1cc(C2(C(=O)O)CCC(=O)CC2)c(C(F)F)n1. The molecule has 2 rings (SSSR count). The molecule has 1 aromatic heterocycles. The molecule has 19 heavy (non-hydrogen) atoms. The first kappa shape index (κ1) is 13.6. The minimum Gasteiger partial charge on any atom is -0.481 e. The first-order valence-corrected chi connectivity index (χ1v) is 5.94. The molecule has 0 unspecified atom stereocenters. The van der Waals surface area contributed by atoms with Gasteiger partial charge in [-0.15, -0.1) is 0 Å². The average Bonchev–Trinajstić information content (AvgIpc) is 2.73. The molecule has 7 heteroatoms. The zero-order chi connectivity index (χ0) is 14.2. The number of nitrogens with zero attached hydrogens (tertiary/aromatic N) is 2. The summed E-state index contributed by atoms with van der Waals surface area (Å²) in [6.45, 7) is 0. The Bertz CT molecular complexity index is 515. The molecule has 0 aromatic carbocycles. The topological polar surface area (TPSA) is 72.2 Å². The second-order valence-electron chi connectivity index (χ2n) is 4.83. The minimum absolute atomic E-state index is 0.0284. The number of carbonyl (C=O) groups excluding carboxylic acids is 1. The fraction of sp³-hybridized carbons (Fsp3) is 0.583. The average molecular weight is 272 g/mol. The number of hydrogen-bond acceptors (Lipinski definition) is 3. The van der Waals surface area contributed by atoms with E-state index in [4.69, 9.17) is 0 Å². The molecule has 1 heterocycles. The van der Waals surface area contributed by atoms with E-state index in [-0.39, 0.29) is 37.0 Å². The van der Waals surface area contributed by atoms with Crippen molar-refractivity contribution in [2.75, 3.05) is 0 Å². The lowest BCUT2D eigenvalue weighted by molar-refractivity contribution is -0.146. The van der Waals surface area contributed by atoms with Crippen molar-refractivity contribution in [3.8, 4) is 0 Å². The van der Waals surface area contributed by atoms with Crippen LogP contribution in [0.3, 0.4) is 0 Å². The lowest BCUT2D eigenvalue weighted by Crippen LogP contribution is -2.40. The highest BCUT2D eigenvalue weighted by Crippen LogP contribution is 2.42. The predicted molar refractivity (Wildman–Crippen MR) is 61.0 cm³/mol. The van der Waals surface area contributed by atoms with Gasteiger partial charge in [0.25, 0.3) is 6.43 Å². The Morgan fingerprint density at radius 3 is 2.53 bits per heavy atom. The molecule has 1 saturated carbocycles. The molecule has 1 N–H and O–H groups in total. The minimum atomic E-state index is -2.83. The van der Waals surface area contributed by atoms with Crippen molar-refractivity contribution in [3.05, 3.63) is 17.5 Å². The van der Waals surface area contributed by atoms with Gasteiger partial charge in [-0.2, -0.15) is 5.10 Å². The molecule has 1 aliphatic rings. The lowest BCUT2D eigenvalue weighted by Gasteiger charge is -2.32. The zero-order valence-electron chi connectivity index (χ0n) is 10.4. The molecule has 5 nitrogen and oxygen atoms in total. The fourth-order valence-corrected chi connectivity index (χ4v) is 2.59. The van der Waals surface area contributed by atoms with Crippen LogP contribution in [-0.2, 0) is 22.1 Å². The van der Waals surface area contributed by atoms with E-state index >= 15 is 0 Å². The highest BCUT2D eigenvalue weighted by molar-refractivity contribution is 5.87. The number of aromatic nitrogens is 2. The Morgan fingerprint density at radius 1 is 1.47 bits per heavy atom. The van der Waals surface area contributed by atoms with E-state index in [0.717, 1.165) is 0 Å². The normalized spacial score (nSPS) is 18.8. The van der Waals surface area contributed by atoms with E-state index in [0.29, 0.717) is 0 Å². The Balaban J connectivity index is 2.51. The van der Waals surface area contributed by atoms with Crippen LogP contribution < -0.4 is 0 Å². The summed E-state index contributed by atoms with van der Waals surface area (Å²) in [6, 6.07) is 0. The smallest absolute Gasteiger partial charge is 0.314 e. The third-order valence-corrected chi connectivity index (χ3v) is 3.65. The first-order valence-electron chi connectivity index (χ1n) is 5.94. The molecule has 0 atom stereocenters. The van der Waals surface area contributed by atoms with Gasteiger partial charge < -0.3 is 5.11 Å². The molecular weight excluding hydrogens is 258 g/mol. The van der Waals surface area contributed by atoms with Crippen LogP contribution in [0.5, 0.6) is 0 Å². The summed E-state index contributed by atoms with van der Waals surface area (Å²) in [7, 11) is 1.47. The summed E-state index contributed by atoms with van der Waals surface area (Å²) in [6.07, 6.45) is -1.21. The van der Waals surface area contributed by atoms with Crippen molar-refractivity contribution >= 4 is 11.8 Å². The molecule has 0 bridgehead atoms. The molecular formula is C12H14F2N2O3. The largest absolute Gasteiger partial charge is 0.481 e. The summed E-state index contributed by atoms with van der Waals surface area (Å²) in [5, 5.41) is 13.1. The third-order valence-electron chi connectivity index (χ3n) is 3.65. The van der Waals surface area contributed by atoms with Crippen LogP contribution in [0.25, 0.3) is 0 Å². The molecule has 0 radical (unpaired) electrons. The van der Waals surface area contributed by atoms with Gasteiger partial charge in [-0.1, -0.05) is 0 Å². The summed E-state index contributed by atoms with van der Waals surface area (Å²) >= 11 is 0. The van der Waals surface area contributed by atoms with E-state index in [1.807, 2.05) is 0 Å². The number of halogens is 2. The van der Waals surface area contributed by atoms with Crippen LogP contribution in [-0.4, -0.2) is 26.6 Å². The van der Waals surface area contributed by atoms with Gasteiger partial charge in [-0.25, -0.2) is 8.78 Å². The number of Topliss-reactive ketones (excluding diaryl/α,β-unsaturated/α-hetero) is 1. The van der Waals surface area contributed by atoms with Crippen molar-refractivity contribution in [2.45, 2.75) is 37.5 Å². The maximum absolute atomic E-state index is 13.0. The molecule has 0 saturated heterocycles. The summed E-state index contributed by atoms with van der Waals surface area (Å²) in [5.74, 6) is -1.20. The number of aliphatic carboxylic acids is 1. The van der Waals surface area contributed by atoms with Crippen LogP contribution >= 0.6 is 0 Å². The predicted octanol–water partition coefficient (Wildman–Crippen LogP) is 1.82. The summed E-state index contributed by atoms with van der Waals surface area (Å²) in [5.41, 5.74) is -1.89. The van der Waals surface area contributed by atoms with Crippen LogP contribution in [0.1, 0.15) is 43.4 Å². The number of hydrogen-bond donors (Lipinski definition) is 1. The highest BCUT2D eigenvalue weighted by atomic mass is 19.3. The van der Waals surface area contributed by atoms with Gasteiger partial charge in [0.15, 0.2) is 0 Å². The van der Waals surface area contributed by atoms with E-state index in [1.165, 1.54) is 17.9 Å². The quantitative estimate of drug-likeness (QED) is 0.911. The third kappa shape index (κ3) is 2.24. The summed E-state index contributed by atoms with van der Waals surface area (Å²) < 4.78 is 27.1. The van der Waals surface area contributed by atoms with Crippen molar-refractivity contribution in [1.29, 1.82) is 0 Å². The molecule has 1 aromatic rings. The van der Waals surface area contributed by atoms with E-state index in [2.05, 4.69) is 5.10 Å². The van der Waals surface area contributed by atoms with Gasteiger partial charge in [0.2, 0.25) is 0 Å². The Morgan fingerprint density at radius 2 is 2.05 bits per heavy atom. The van der Waals surface area contributed by atoms with Gasteiger partial charge in [0.1, 0.15) is 11.5 Å². The first-order chi connectivity index (χ1) is 8.86. The summed E-state index contributed by atoms with van der Waals surface area (Å²) in [4.78, 5) is 22.8. The monoisotopic (exact) mass is 272 g/mol. The number of carboxylic acids is 1. The van der Waals surface area contributed by atoms with Crippen molar-refractivity contribution < 1.29 is 23.5 Å². The van der Waals surface area contributed by atoms with Crippen molar-refractivity contribution in [2.24, 2.45) is 7.05 Å². The van der Waals surface area contributed by atoms with Crippen LogP contribution in [0.2, 0.25) is 0 Å². The van der Waals surface area contributed by atoms with Gasteiger partial charge in [-0.05, 0) is 12.8 Å². The Hall–Kier alpha value is -1.79. The second kappa shape index (κ2) is 4.71. The maximum atomic E-state index is 13.0. The fourth-order valence-electron chi connectivity index (χ4n) is 2.59. The van der Waals surface area contributed by atoms with E-state index in [1.54, 1.807) is 0 Å². The molecule has 0 amide bonds. The molecule has 0 spiro atoms. The maximum Gasteiger partial charge on any atom is 0.314 e. The van der Waals surface area contributed by atoms with Gasteiger partial charge >= 0.3 is 5.97 Å². The number of rotatable bonds is 3.